The van der Waals surface area contributed by atoms with Gasteiger partial charge in [-0.2, -0.15) is 5.26 Å². The predicted octanol–water partition coefficient (Wildman–Crippen LogP) is 3.89. The zero-order chi connectivity index (χ0) is 11.4. The summed E-state index contributed by atoms with van der Waals surface area (Å²) < 4.78 is 6.63. The summed E-state index contributed by atoms with van der Waals surface area (Å²) in [7, 11) is 0. The zero-order valence-corrected chi connectivity index (χ0v) is 10.7. The summed E-state index contributed by atoms with van der Waals surface area (Å²) in [5.74, 6) is 1.49. The van der Waals surface area contributed by atoms with Gasteiger partial charge in [-0.3, -0.25) is 0 Å². The first-order valence-electron chi connectivity index (χ1n) is 5.61. The molecule has 84 valence electrons. The van der Waals surface area contributed by atoms with E-state index >= 15 is 0 Å². The lowest BCUT2D eigenvalue weighted by Crippen LogP contribution is -2.08. The highest BCUT2D eigenvalue weighted by Crippen LogP contribution is 2.27. The van der Waals surface area contributed by atoms with E-state index in [1.54, 1.807) is 12.1 Å². The summed E-state index contributed by atoms with van der Waals surface area (Å²) in [5, 5.41) is 8.84. The van der Waals surface area contributed by atoms with Crippen LogP contribution in [0.3, 0.4) is 0 Å². The maximum atomic E-state index is 8.84. The van der Waals surface area contributed by atoms with Crippen molar-refractivity contribution in [2.75, 3.05) is 6.61 Å². The second-order valence-corrected chi connectivity index (χ2v) is 5.16. The Hall–Kier alpha value is -1.01. The molecule has 0 spiro atoms. The van der Waals surface area contributed by atoms with Crippen molar-refractivity contribution in [1.29, 1.82) is 5.26 Å². The molecule has 1 aromatic carbocycles. The summed E-state index contributed by atoms with van der Waals surface area (Å²) in [4.78, 5) is 0. The first kappa shape index (κ1) is 11.5. The molecule has 0 unspecified atom stereocenters. The maximum Gasteiger partial charge on any atom is 0.121 e. The molecule has 0 amide bonds. The van der Waals surface area contributed by atoms with E-state index in [0.29, 0.717) is 11.5 Å². The molecule has 1 aliphatic carbocycles. The molecule has 0 aromatic heterocycles. The van der Waals surface area contributed by atoms with Gasteiger partial charge < -0.3 is 4.74 Å². The largest absolute Gasteiger partial charge is 0.493 e. The van der Waals surface area contributed by atoms with Gasteiger partial charge in [0.25, 0.3) is 0 Å². The summed E-state index contributed by atoms with van der Waals surface area (Å²) in [6.07, 6.45) is 5.21. The van der Waals surface area contributed by atoms with E-state index in [0.717, 1.165) is 16.8 Å². The number of benzene rings is 1. The van der Waals surface area contributed by atoms with Gasteiger partial charge in [-0.15, -0.1) is 0 Å². The second-order valence-electron chi connectivity index (χ2n) is 4.25. The Morgan fingerprint density at radius 2 is 2.06 bits per heavy atom. The Morgan fingerprint density at radius 1 is 1.31 bits per heavy atom. The summed E-state index contributed by atoms with van der Waals surface area (Å²) >= 11 is 3.38. The molecule has 1 fully saturated rings. The molecular weight excluding hydrogens is 266 g/mol. The van der Waals surface area contributed by atoms with Crippen LogP contribution in [0.25, 0.3) is 0 Å². The van der Waals surface area contributed by atoms with Gasteiger partial charge in [0.2, 0.25) is 0 Å². The first-order chi connectivity index (χ1) is 7.78. The van der Waals surface area contributed by atoms with Gasteiger partial charge in [-0.1, -0.05) is 28.8 Å². The summed E-state index contributed by atoms with van der Waals surface area (Å²) in [6, 6.07) is 7.62. The van der Waals surface area contributed by atoms with Crippen molar-refractivity contribution in [3.8, 4) is 11.8 Å². The quantitative estimate of drug-likeness (QED) is 0.841. The standard InChI is InChI=1S/C13H14BrNO/c14-12-5-11(8-15)6-13(7-12)16-9-10-3-1-2-4-10/h5-7,10H,1-4,9H2. The van der Waals surface area contributed by atoms with E-state index < -0.39 is 0 Å². The lowest BCUT2D eigenvalue weighted by atomic mass is 10.1. The van der Waals surface area contributed by atoms with Crippen LogP contribution >= 0.6 is 15.9 Å². The molecule has 0 saturated heterocycles. The van der Waals surface area contributed by atoms with Gasteiger partial charge in [0, 0.05) is 4.47 Å². The van der Waals surface area contributed by atoms with Crippen LogP contribution in [0, 0.1) is 17.2 Å². The Labute approximate surface area is 104 Å². The molecule has 3 heteroatoms. The first-order valence-corrected chi connectivity index (χ1v) is 6.41. The van der Waals surface area contributed by atoms with Crippen LogP contribution in [0.2, 0.25) is 0 Å². The van der Waals surface area contributed by atoms with Crippen molar-refractivity contribution in [3.05, 3.63) is 28.2 Å². The van der Waals surface area contributed by atoms with Crippen molar-refractivity contribution < 1.29 is 4.74 Å². The molecule has 0 atom stereocenters. The Morgan fingerprint density at radius 3 is 2.75 bits per heavy atom. The minimum Gasteiger partial charge on any atom is -0.493 e. The molecule has 2 rings (SSSR count). The van der Waals surface area contributed by atoms with Crippen molar-refractivity contribution >= 4 is 15.9 Å². The molecular formula is C13H14BrNO. The van der Waals surface area contributed by atoms with Crippen molar-refractivity contribution in [2.24, 2.45) is 5.92 Å². The van der Waals surface area contributed by atoms with Crippen LogP contribution in [-0.2, 0) is 0 Å². The lowest BCUT2D eigenvalue weighted by molar-refractivity contribution is 0.252. The number of ether oxygens (including phenoxy) is 1. The third-order valence-corrected chi connectivity index (χ3v) is 3.42. The van der Waals surface area contributed by atoms with E-state index in [-0.39, 0.29) is 0 Å². The fourth-order valence-electron chi connectivity index (χ4n) is 2.10. The fraction of sp³-hybridized carbons (Fsp3) is 0.462. The van der Waals surface area contributed by atoms with Crippen LogP contribution in [0.4, 0.5) is 0 Å². The normalized spacial score (nSPS) is 16.0. The summed E-state index contributed by atoms with van der Waals surface area (Å²) in [5.41, 5.74) is 0.635. The van der Waals surface area contributed by atoms with E-state index in [2.05, 4.69) is 22.0 Å². The average Bonchev–Trinajstić information content (AvgIpc) is 2.78. The number of hydrogen-bond donors (Lipinski definition) is 0. The maximum absolute atomic E-state index is 8.84. The molecule has 0 aliphatic heterocycles. The molecule has 2 nitrogen and oxygen atoms in total. The van der Waals surface area contributed by atoms with Gasteiger partial charge in [-0.25, -0.2) is 0 Å². The van der Waals surface area contributed by atoms with E-state index in [9.17, 15) is 0 Å². The SMILES string of the molecule is N#Cc1cc(Br)cc(OCC2CCCC2)c1. The van der Waals surface area contributed by atoms with Crippen LogP contribution in [0.1, 0.15) is 31.2 Å². The van der Waals surface area contributed by atoms with Crippen molar-refractivity contribution in [1.82, 2.24) is 0 Å². The Balaban J connectivity index is 1.98. The minimum absolute atomic E-state index is 0.635. The van der Waals surface area contributed by atoms with Gasteiger partial charge in [0.15, 0.2) is 0 Å². The number of rotatable bonds is 3. The second kappa shape index (κ2) is 5.36. The monoisotopic (exact) mass is 279 g/mol. The number of nitriles is 1. The highest BCUT2D eigenvalue weighted by Gasteiger charge is 2.15. The highest BCUT2D eigenvalue weighted by molar-refractivity contribution is 9.10. The van der Waals surface area contributed by atoms with Crippen LogP contribution in [0.15, 0.2) is 22.7 Å². The molecule has 1 saturated carbocycles. The van der Waals surface area contributed by atoms with Crippen molar-refractivity contribution in [2.45, 2.75) is 25.7 Å². The van der Waals surface area contributed by atoms with Crippen LogP contribution in [0.5, 0.6) is 5.75 Å². The lowest BCUT2D eigenvalue weighted by Gasteiger charge is -2.11. The molecule has 0 heterocycles. The van der Waals surface area contributed by atoms with E-state index in [1.807, 2.05) is 6.07 Å². The molecule has 16 heavy (non-hydrogen) atoms. The summed E-state index contributed by atoms with van der Waals surface area (Å²) in [6.45, 7) is 0.779. The molecule has 1 aromatic rings. The zero-order valence-electron chi connectivity index (χ0n) is 9.08. The highest BCUT2D eigenvalue weighted by atomic mass is 79.9. The van der Waals surface area contributed by atoms with Gasteiger partial charge in [0.1, 0.15) is 5.75 Å². The number of hydrogen-bond acceptors (Lipinski definition) is 2. The molecule has 0 radical (unpaired) electrons. The van der Waals surface area contributed by atoms with Crippen LogP contribution < -0.4 is 4.74 Å². The van der Waals surface area contributed by atoms with E-state index in [4.69, 9.17) is 10.00 Å². The smallest absolute Gasteiger partial charge is 0.121 e. The molecule has 1 aliphatic rings. The number of nitrogens with zero attached hydrogens (tertiary/aromatic N) is 1. The third-order valence-electron chi connectivity index (χ3n) is 2.96. The van der Waals surface area contributed by atoms with Gasteiger partial charge in [-0.05, 0) is 37.0 Å². The topological polar surface area (TPSA) is 33.0 Å². The Kier molecular flexibility index (Phi) is 3.84. The van der Waals surface area contributed by atoms with Gasteiger partial charge >= 0.3 is 0 Å². The van der Waals surface area contributed by atoms with Crippen molar-refractivity contribution in [3.63, 3.8) is 0 Å². The Bertz CT molecular complexity index is 405. The third kappa shape index (κ3) is 2.99. The molecule has 0 N–H and O–H groups in total. The minimum atomic E-state index is 0.635. The predicted molar refractivity (Wildman–Crippen MR) is 66.3 cm³/mol. The molecule has 0 bridgehead atoms. The number of halogens is 1. The van der Waals surface area contributed by atoms with Gasteiger partial charge in [0.05, 0.1) is 18.2 Å². The fourth-order valence-corrected chi connectivity index (χ4v) is 2.57. The van der Waals surface area contributed by atoms with E-state index in [1.165, 1.54) is 25.7 Å². The van der Waals surface area contributed by atoms with Crippen LogP contribution in [-0.4, -0.2) is 6.61 Å². The average molecular weight is 280 g/mol.